The molecule has 0 aliphatic heterocycles. The van der Waals surface area contributed by atoms with Crippen LogP contribution in [0, 0.1) is 10.1 Å². The average Bonchev–Trinajstić information content (AvgIpc) is 2.52. The summed E-state index contributed by atoms with van der Waals surface area (Å²) in [6.45, 7) is 0.0709. The van der Waals surface area contributed by atoms with E-state index >= 15 is 0 Å². The number of carbonyl (C=O) groups excluding carboxylic acids is 1. The number of anilines is 1. The fraction of sp³-hybridized carbons (Fsp3) is 0.143. The van der Waals surface area contributed by atoms with E-state index in [2.05, 4.69) is 15.6 Å². The highest BCUT2D eigenvalue weighted by molar-refractivity contribution is 5.93. The number of para-hydroxylation sites is 1. The van der Waals surface area contributed by atoms with Crippen molar-refractivity contribution in [2.45, 2.75) is 6.54 Å². The molecular weight excluding hydrogens is 272 g/mol. The van der Waals surface area contributed by atoms with Gasteiger partial charge in [-0.25, -0.2) is 0 Å². The molecule has 7 heteroatoms. The second-order valence-electron chi connectivity index (χ2n) is 4.25. The monoisotopic (exact) mass is 286 g/mol. The van der Waals surface area contributed by atoms with E-state index in [0.29, 0.717) is 5.56 Å². The normalized spacial score (nSPS) is 9.95. The van der Waals surface area contributed by atoms with E-state index in [1.807, 2.05) is 0 Å². The predicted octanol–water partition coefficient (Wildman–Crippen LogP) is 1.96. The Labute approximate surface area is 121 Å². The van der Waals surface area contributed by atoms with Gasteiger partial charge in [-0.2, -0.15) is 0 Å². The van der Waals surface area contributed by atoms with Gasteiger partial charge in [0.15, 0.2) is 0 Å². The van der Waals surface area contributed by atoms with Crippen molar-refractivity contribution < 1.29 is 9.72 Å². The van der Waals surface area contributed by atoms with Gasteiger partial charge in [-0.1, -0.05) is 18.2 Å². The van der Waals surface area contributed by atoms with Gasteiger partial charge >= 0.3 is 0 Å². The summed E-state index contributed by atoms with van der Waals surface area (Å²) in [6, 6.07) is 9.63. The number of amides is 1. The SMILES string of the molecule is CNc1ccnc(C(=O)NCc2ccccc2[N+](=O)[O-])c1. The van der Waals surface area contributed by atoms with Gasteiger partial charge in [0.1, 0.15) is 5.69 Å². The van der Waals surface area contributed by atoms with Gasteiger partial charge in [0.2, 0.25) is 0 Å². The molecule has 2 aromatic rings. The Hall–Kier alpha value is -2.96. The number of rotatable bonds is 5. The van der Waals surface area contributed by atoms with Gasteiger partial charge in [-0.3, -0.25) is 19.9 Å². The van der Waals surface area contributed by atoms with E-state index < -0.39 is 4.92 Å². The zero-order valence-corrected chi connectivity index (χ0v) is 11.4. The van der Waals surface area contributed by atoms with Crippen LogP contribution >= 0.6 is 0 Å². The number of benzene rings is 1. The van der Waals surface area contributed by atoms with Crippen LogP contribution in [0.5, 0.6) is 0 Å². The molecule has 2 rings (SSSR count). The number of hydrogen-bond acceptors (Lipinski definition) is 5. The van der Waals surface area contributed by atoms with Crippen molar-refractivity contribution in [3.63, 3.8) is 0 Å². The summed E-state index contributed by atoms with van der Waals surface area (Å²) >= 11 is 0. The standard InChI is InChI=1S/C14H14N4O3/c1-15-11-6-7-16-12(8-11)14(19)17-9-10-4-2-3-5-13(10)18(20)21/h2-8H,9H2,1H3,(H,15,16)(H,17,19). The lowest BCUT2D eigenvalue weighted by molar-refractivity contribution is -0.385. The highest BCUT2D eigenvalue weighted by atomic mass is 16.6. The second kappa shape index (κ2) is 6.47. The molecule has 0 aliphatic carbocycles. The molecule has 0 fully saturated rings. The molecule has 21 heavy (non-hydrogen) atoms. The summed E-state index contributed by atoms with van der Waals surface area (Å²) in [7, 11) is 1.74. The highest BCUT2D eigenvalue weighted by Crippen LogP contribution is 2.17. The number of nitro benzene ring substituents is 1. The Morgan fingerprint density at radius 3 is 2.81 bits per heavy atom. The zero-order valence-electron chi connectivity index (χ0n) is 11.4. The Kier molecular flexibility index (Phi) is 4.45. The van der Waals surface area contributed by atoms with Crippen LogP contribution in [0.2, 0.25) is 0 Å². The first kappa shape index (κ1) is 14.4. The summed E-state index contributed by atoms with van der Waals surface area (Å²) in [5, 5.41) is 16.4. The lowest BCUT2D eigenvalue weighted by Gasteiger charge is -2.06. The summed E-state index contributed by atoms with van der Waals surface area (Å²) in [6.07, 6.45) is 1.52. The summed E-state index contributed by atoms with van der Waals surface area (Å²) in [5.41, 5.74) is 1.44. The molecule has 1 amide bonds. The summed E-state index contributed by atoms with van der Waals surface area (Å²) in [5.74, 6) is -0.384. The Balaban J connectivity index is 2.09. The molecule has 0 unspecified atom stereocenters. The zero-order chi connectivity index (χ0) is 15.2. The van der Waals surface area contributed by atoms with Crippen LogP contribution in [0.3, 0.4) is 0 Å². The van der Waals surface area contributed by atoms with Crippen LogP contribution in [-0.4, -0.2) is 22.9 Å². The maximum atomic E-state index is 12.0. The number of nitrogens with one attached hydrogen (secondary N) is 2. The maximum Gasteiger partial charge on any atom is 0.274 e. The molecule has 0 saturated carbocycles. The molecule has 0 aliphatic rings. The van der Waals surface area contributed by atoms with E-state index in [1.165, 1.54) is 12.3 Å². The van der Waals surface area contributed by atoms with Gasteiger partial charge in [0.25, 0.3) is 11.6 Å². The van der Waals surface area contributed by atoms with E-state index in [4.69, 9.17) is 0 Å². The van der Waals surface area contributed by atoms with Gasteiger partial charge in [-0.15, -0.1) is 0 Å². The van der Waals surface area contributed by atoms with Gasteiger partial charge in [0.05, 0.1) is 4.92 Å². The van der Waals surface area contributed by atoms with Crippen molar-refractivity contribution in [2.75, 3.05) is 12.4 Å². The van der Waals surface area contributed by atoms with Crippen molar-refractivity contribution in [1.82, 2.24) is 10.3 Å². The van der Waals surface area contributed by atoms with E-state index in [-0.39, 0.29) is 23.8 Å². The van der Waals surface area contributed by atoms with Crippen LogP contribution in [0.1, 0.15) is 16.1 Å². The first-order chi connectivity index (χ1) is 10.1. The Morgan fingerprint density at radius 2 is 2.10 bits per heavy atom. The number of nitrogens with zero attached hydrogens (tertiary/aromatic N) is 2. The van der Waals surface area contributed by atoms with Crippen molar-refractivity contribution in [1.29, 1.82) is 0 Å². The number of aromatic nitrogens is 1. The third kappa shape index (κ3) is 3.53. The molecular formula is C14H14N4O3. The first-order valence-corrected chi connectivity index (χ1v) is 6.26. The second-order valence-corrected chi connectivity index (χ2v) is 4.25. The largest absolute Gasteiger partial charge is 0.388 e. The lowest BCUT2D eigenvalue weighted by Crippen LogP contribution is -2.24. The third-order valence-electron chi connectivity index (χ3n) is 2.91. The van der Waals surface area contributed by atoms with E-state index in [9.17, 15) is 14.9 Å². The predicted molar refractivity (Wildman–Crippen MR) is 78.1 cm³/mol. The Bertz CT molecular complexity index is 673. The van der Waals surface area contributed by atoms with Crippen LogP contribution < -0.4 is 10.6 Å². The molecule has 0 spiro atoms. The lowest BCUT2D eigenvalue weighted by atomic mass is 10.2. The molecule has 0 bridgehead atoms. The molecule has 0 atom stereocenters. The fourth-order valence-corrected chi connectivity index (χ4v) is 1.81. The van der Waals surface area contributed by atoms with E-state index in [0.717, 1.165) is 5.69 Å². The molecule has 0 saturated heterocycles. The molecule has 1 aromatic carbocycles. The summed E-state index contributed by atoms with van der Waals surface area (Å²) < 4.78 is 0. The number of nitro groups is 1. The number of carbonyl (C=O) groups is 1. The number of hydrogen-bond donors (Lipinski definition) is 2. The first-order valence-electron chi connectivity index (χ1n) is 6.26. The maximum absolute atomic E-state index is 12.0. The molecule has 1 aromatic heterocycles. The van der Waals surface area contributed by atoms with Gasteiger partial charge < -0.3 is 10.6 Å². The van der Waals surface area contributed by atoms with E-state index in [1.54, 1.807) is 37.4 Å². The minimum absolute atomic E-state index is 0.0188. The minimum Gasteiger partial charge on any atom is -0.388 e. The van der Waals surface area contributed by atoms with Gasteiger partial charge in [0, 0.05) is 37.1 Å². The Morgan fingerprint density at radius 1 is 1.33 bits per heavy atom. The quantitative estimate of drug-likeness (QED) is 0.647. The average molecular weight is 286 g/mol. The smallest absolute Gasteiger partial charge is 0.274 e. The van der Waals surface area contributed by atoms with Crippen molar-refractivity contribution in [3.8, 4) is 0 Å². The minimum atomic E-state index is -0.471. The molecule has 1 heterocycles. The van der Waals surface area contributed by atoms with Crippen LogP contribution in [0.25, 0.3) is 0 Å². The molecule has 108 valence electrons. The van der Waals surface area contributed by atoms with Crippen LogP contribution in [0.4, 0.5) is 11.4 Å². The van der Waals surface area contributed by atoms with Gasteiger partial charge in [-0.05, 0) is 12.1 Å². The van der Waals surface area contributed by atoms with Crippen molar-refractivity contribution in [3.05, 3.63) is 64.0 Å². The highest BCUT2D eigenvalue weighted by Gasteiger charge is 2.14. The van der Waals surface area contributed by atoms with Crippen molar-refractivity contribution >= 4 is 17.3 Å². The molecule has 2 N–H and O–H groups in total. The number of pyridine rings is 1. The topological polar surface area (TPSA) is 97.2 Å². The fourth-order valence-electron chi connectivity index (χ4n) is 1.81. The van der Waals surface area contributed by atoms with Crippen LogP contribution in [0.15, 0.2) is 42.6 Å². The van der Waals surface area contributed by atoms with Crippen molar-refractivity contribution in [2.24, 2.45) is 0 Å². The molecule has 7 nitrogen and oxygen atoms in total. The third-order valence-corrected chi connectivity index (χ3v) is 2.91. The molecule has 0 radical (unpaired) electrons. The van der Waals surface area contributed by atoms with Crippen LogP contribution in [-0.2, 0) is 6.54 Å². The summed E-state index contributed by atoms with van der Waals surface area (Å²) in [4.78, 5) is 26.4.